The Morgan fingerprint density at radius 2 is 2.33 bits per heavy atom. The van der Waals surface area contributed by atoms with Gasteiger partial charge in [0.05, 0.1) is 12.4 Å². The van der Waals surface area contributed by atoms with Crippen LogP contribution in [-0.4, -0.2) is 23.1 Å². The van der Waals surface area contributed by atoms with E-state index in [1.165, 1.54) is 12.4 Å². The van der Waals surface area contributed by atoms with Crippen molar-refractivity contribution in [2.24, 2.45) is 5.73 Å². The molecule has 0 aliphatic carbocycles. The largest absolute Gasteiger partial charge is 0.475 e. The van der Waals surface area contributed by atoms with Gasteiger partial charge < -0.3 is 10.5 Å². The number of hydrogen-bond acceptors (Lipinski definition) is 5. The quantitative estimate of drug-likeness (QED) is 0.662. The zero-order valence-electron chi connectivity index (χ0n) is 6.40. The smallest absolute Gasteiger partial charge is 0.232 e. The SMILES string of the molecule is N#Cc1cnc(OCCN)cn1. The van der Waals surface area contributed by atoms with E-state index >= 15 is 0 Å². The molecule has 0 bridgehead atoms. The summed E-state index contributed by atoms with van der Waals surface area (Å²) in [7, 11) is 0. The summed E-state index contributed by atoms with van der Waals surface area (Å²) in [6.07, 6.45) is 2.75. The van der Waals surface area contributed by atoms with E-state index in [9.17, 15) is 0 Å². The van der Waals surface area contributed by atoms with Crippen molar-refractivity contribution in [3.05, 3.63) is 18.1 Å². The zero-order chi connectivity index (χ0) is 8.81. The molecular formula is C7H8N4O. The van der Waals surface area contributed by atoms with Gasteiger partial charge >= 0.3 is 0 Å². The number of nitriles is 1. The Morgan fingerprint density at radius 3 is 2.83 bits per heavy atom. The van der Waals surface area contributed by atoms with E-state index in [1.807, 2.05) is 6.07 Å². The summed E-state index contributed by atoms with van der Waals surface area (Å²) in [6.45, 7) is 0.836. The molecule has 62 valence electrons. The van der Waals surface area contributed by atoms with E-state index in [-0.39, 0.29) is 5.69 Å². The molecule has 0 atom stereocenters. The second-order valence-corrected chi connectivity index (χ2v) is 1.99. The van der Waals surface area contributed by atoms with Crippen molar-refractivity contribution in [1.82, 2.24) is 9.97 Å². The maximum absolute atomic E-state index is 8.39. The second kappa shape index (κ2) is 4.26. The van der Waals surface area contributed by atoms with Gasteiger partial charge in [-0.3, -0.25) is 0 Å². The normalized spacial score (nSPS) is 9.00. The second-order valence-electron chi connectivity index (χ2n) is 1.99. The summed E-state index contributed by atoms with van der Waals surface area (Å²) < 4.78 is 5.05. The lowest BCUT2D eigenvalue weighted by molar-refractivity contribution is 0.314. The van der Waals surface area contributed by atoms with Crippen molar-refractivity contribution < 1.29 is 4.74 Å². The van der Waals surface area contributed by atoms with Gasteiger partial charge in [0.2, 0.25) is 5.88 Å². The first-order chi connectivity index (χ1) is 5.86. The van der Waals surface area contributed by atoms with E-state index in [4.69, 9.17) is 15.7 Å². The van der Waals surface area contributed by atoms with Gasteiger partial charge in [0.1, 0.15) is 12.7 Å². The third-order valence-corrected chi connectivity index (χ3v) is 1.11. The Kier molecular flexibility index (Phi) is 2.99. The van der Waals surface area contributed by atoms with Crippen LogP contribution in [-0.2, 0) is 0 Å². The average molecular weight is 164 g/mol. The van der Waals surface area contributed by atoms with Gasteiger partial charge in [0.15, 0.2) is 5.69 Å². The number of rotatable bonds is 3. The van der Waals surface area contributed by atoms with Gasteiger partial charge in [-0.25, -0.2) is 9.97 Å². The average Bonchev–Trinajstić information content (AvgIpc) is 2.15. The van der Waals surface area contributed by atoms with Crippen LogP contribution in [0.25, 0.3) is 0 Å². The lowest BCUT2D eigenvalue weighted by Crippen LogP contribution is -2.11. The van der Waals surface area contributed by atoms with E-state index < -0.39 is 0 Å². The summed E-state index contributed by atoms with van der Waals surface area (Å²) in [5.74, 6) is 0.388. The molecule has 0 aliphatic heterocycles. The topological polar surface area (TPSA) is 84.8 Å². The minimum absolute atomic E-state index is 0.273. The third-order valence-electron chi connectivity index (χ3n) is 1.11. The van der Waals surface area contributed by atoms with Gasteiger partial charge in [0.25, 0.3) is 0 Å². The van der Waals surface area contributed by atoms with Crippen LogP contribution in [0.5, 0.6) is 5.88 Å². The predicted molar refractivity (Wildman–Crippen MR) is 41.3 cm³/mol. The summed E-state index contributed by atoms with van der Waals surface area (Å²) in [5, 5.41) is 8.39. The van der Waals surface area contributed by atoms with Crippen LogP contribution >= 0.6 is 0 Å². The Morgan fingerprint density at radius 1 is 1.50 bits per heavy atom. The van der Waals surface area contributed by atoms with Gasteiger partial charge in [-0.15, -0.1) is 0 Å². The fourth-order valence-corrected chi connectivity index (χ4v) is 0.612. The molecule has 12 heavy (non-hydrogen) atoms. The zero-order valence-corrected chi connectivity index (χ0v) is 6.40. The van der Waals surface area contributed by atoms with E-state index in [0.29, 0.717) is 19.0 Å². The van der Waals surface area contributed by atoms with Crippen molar-refractivity contribution >= 4 is 0 Å². The first kappa shape index (κ1) is 8.43. The molecule has 1 aromatic rings. The fourth-order valence-electron chi connectivity index (χ4n) is 0.612. The monoisotopic (exact) mass is 164 g/mol. The number of hydrogen-bond donors (Lipinski definition) is 1. The van der Waals surface area contributed by atoms with Crippen LogP contribution in [0, 0.1) is 11.3 Å². The van der Waals surface area contributed by atoms with Crippen molar-refractivity contribution in [1.29, 1.82) is 5.26 Å². The molecule has 5 nitrogen and oxygen atoms in total. The van der Waals surface area contributed by atoms with Gasteiger partial charge in [-0.1, -0.05) is 0 Å². The van der Waals surface area contributed by atoms with Gasteiger partial charge in [0, 0.05) is 6.54 Å². The Labute approximate surface area is 69.8 Å². The van der Waals surface area contributed by atoms with E-state index in [1.54, 1.807) is 0 Å². The molecule has 0 fully saturated rings. The minimum Gasteiger partial charge on any atom is -0.475 e. The van der Waals surface area contributed by atoms with E-state index in [2.05, 4.69) is 9.97 Å². The Bertz CT molecular complexity index is 276. The lowest BCUT2D eigenvalue weighted by atomic mass is 10.5. The highest BCUT2D eigenvalue weighted by atomic mass is 16.5. The highest BCUT2D eigenvalue weighted by Gasteiger charge is 1.95. The molecule has 0 saturated heterocycles. The molecule has 0 aromatic carbocycles. The number of nitrogens with two attached hydrogens (primary N) is 1. The molecule has 1 rings (SSSR count). The molecule has 1 heterocycles. The highest BCUT2D eigenvalue weighted by Crippen LogP contribution is 2.02. The summed E-state index contributed by atoms with van der Waals surface area (Å²) in [5.41, 5.74) is 5.48. The Hall–Kier alpha value is -1.67. The molecule has 0 amide bonds. The molecule has 0 saturated carbocycles. The van der Waals surface area contributed by atoms with Crippen molar-refractivity contribution in [3.63, 3.8) is 0 Å². The van der Waals surface area contributed by atoms with Crippen molar-refractivity contribution in [2.45, 2.75) is 0 Å². The molecule has 1 aromatic heterocycles. The van der Waals surface area contributed by atoms with Crippen molar-refractivity contribution in [3.8, 4) is 11.9 Å². The first-order valence-electron chi connectivity index (χ1n) is 3.42. The molecule has 2 N–H and O–H groups in total. The maximum Gasteiger partial charge on any atom is 0.232 e. The third kappa shape index (κ3) is 2.18. The predicted octanol–water partition coefficient (Wildman–Crippen LogP) is -0.314. The Balaban J connectivity index is 2.60. The van der Waals surface area contributed by atoms with Crippen LogP contribution in [0.1, 0.15) is 5.69 Å². The number of nitrogens with zero attached hydrogens (tertiary/aromatic N) is 3. The van der Waals surface area contributed by atoms with Crippen LogP contribution in [0.3, 0.4) is 0 Å². The minimum atomic E-state index is 0.273. The van der Waals surface area contributed by atoms with E-state index in [0.717, 1.165) is 0 Å². The molecule has 0 spiro atoms. The summed E-state index contributed by atoms with van der Waals surface area (Å²) in [6, 6.07) is 1.86. The van der Waals surface area contributed by atoms with Crippen LogP contribution < -0.4 is 10.5 Å². The lowest BCUT2D eigenvalue weighted by Gasteiger charge is -2.00. The molecule has 0 radical (unpaired) electrons. The molecule has 0 unspecified atom stereocenters. The molecular weight excluding hydrogens is 156 g/mol. The van der Waals surface area contributed by atoms with Gasteiger partial charge in [-0.2, -0.15) is 5.26 Å². The van der Waals surface area contributed by atoms with Crippen LogP contribution in [0.4, 0.5) is 0 Å². The summed E-state index contributed by atoms with van der Waals surface area (Å²) >= 11 is 0. The molecule has 5 heteroatoms. The van der Waals surface area contributed by atoms with Crippen LogP contribution in [0.2, 0.25) is 0 Å². The van der Waals surface area contributed by atoms with Crippen LogP contribution in [0.15, 0.2) is 12.4 Å². The highest BCUT2D eigenvalue weighted by molar-refractivity contribution is 5.18. The maximum atomic E-state index is 8.39. The standard InChI is InChI=1S/C7H8N4O/c8-1-2-12-7-5-10-6(3-9)4-11-7/h4-5H,1-2,8H2. The van der Waals surface area contributed by atoms with Gasteiger partial charge in [-0.05, 0) is 0 Å². The number of aromatic nitrogens is 2. The molecule has 0 aliphatic rings. The summed E-state index contributed by atoms with van der Waals surface area (Å²) in [4.78, 5) is 7.58. The van der Waals surface area contributed by atoms with Crippen molar-refractivity contribution in [2.75, 3.05) is 13.2 Å². The number of ether oxygens (including phenoxy) is 1. The first-order valence-corrected chi connectivity index (χ1v) is 3.42. The fraction of sp³-hybridized carbons (Fsp3) is 0.286.